The minimum absolute atomic E-state index is 0.0308. The van der Waals surface area contributed by atoms with E-state index in [4.69, 9.17) is 22.1 Å². The molecule has 0 fully saturated rings. The van der Waals surface area contributed by atoms with Crippen LogP contribution in [0.2, 0.25) is 5.02 Å². The van der Waals surface area contributed by atoms with E-state index in [0.29, 0.717) is 11.4 Å². The Hall–Kier alpha value is -1.95. The van der Waals surface area contributed by atoms with Crippen LogP contribution in [0.5, 0.6) is 5.75 Å². The van der Waals surface area contributed by atoms with Crippen molar-refractivity contribution in [1.29, 1.82) is 0 Å². The molecule has 0 saturated carbocycles. The maximum atomic E-state index is 12.3. The summed E-state index contributed by atoms with van der Waals surface area (Å²) in [5.74, 6) is -0.221. The normalized spacial score (nSPS) is 10.1. The minimum Gasteiger partial charge on any atom is -0.496 e. The Morgan fingerprint density at radius 1 is 1.30 bits per heavy atom. The van der Waals surface area contributed by atoms with E-state index in [-0.39, 0.29) is 28.9 Å². The zero-order valence-corrected chi connectivity index (χ0v) is 12.7. The van der Waals surface area contributed by atoms with Crippen LogP contribution in [-0.2, 0) is 4.79 Å². The van der Waals surface area contributed by atoms with E-state index in [1.54, 1.807) is 14.1 Å². The summed E-state index contributed by atoms with van der Waals surface area (Å²) in [5.41, 5.74) is 6.25. The quantitative estimate of drug-likeness (QED) is 0.845. The van der Waals surface area contributed by atoms with E-state index in [2.05, 4.69) is 0 Å². The van der Waals surface area contributed by atoms with E-state index in [0.717, 1.165) is 0 Å². The van der Waals surface area contributed by atoms with Gasteiger partial charge in [-0.15, -0.1) is 0 Å². The smallest absolute Gasteiger partial charge is 0.257 e. The lowest BCUT2D eigenvalue weighted by atomic mass is 10.1. The SMILES string of the molecule is COc1cc(N)c(Cl)cc1C(=O)N(C)CC(=O)N(C)C. The van der Waals surface area contributed by atoms with Crippen LogP contribution in [0.4, 0.5) is 5.69 Å². The molecule has 20 heavy (non-hydrogen) atoms. The Bertz CT molecular complexity index is 532. The predicted molar refractivity (Wildman–Crippen MR) is 78.1 cm³/mol. The number of likely N-dealkylation sites (N-methyl/N-ethyl adjacent to an activating group) is 2. The highest BCUT2D eigenvalue weighted by atomic mass is 35.5. The number of nitrogens with two attached hydrogens (primary N) is 1. The van der Waals surface area contributed by atoms with Gasteiger partial charge < -0.3 is 20.3 Å². The maximum Gasteiger partial charge on any atom is 0.257 e. The van der Waals surface area contributed by atoms with E-state index in [1.807, 2.05) is 0 Å². The number of carbonyl (C=O) groups excluding carboxylic acids is 2. The van der Waals surface area contributed by atoms with Gasteiger partial charge in [-0.05, 0) is 6.07 Å². The van der Waals surface area contributed by atoms with E-state index < -0.39 is 0 Å². The average molecular weight is 300 g/mol. The molecule has 1 aromatic carbocycles. The summed E-state index contributed by atoms with van der Waals surface area (Å²) in [6.45, 7) is -0.0308. The number of nitrogen functional groups attached to an aromatic ring is 1. The molecule has 1 rings (SSSR count). The lowest BCUT2D eigenvalue weighted by molar-refractivity contribution is -0.129. The molecule has 0 heterocycles. The minimum atomic E-state index is -0.362. The molecule has 0 spiro atoms. The molecule has 0 aliphatic carbocycles. The van der Waals surface area contributed by atoms with Crippen molar-refractivity contribution in [2.45, 2.75) is 0 Å². The Kier molecular flexibility index (Phi) is 5.21. The summed E-state index contributed by atoms with van der Waals surface area (Å²) in [4.78, 5) is 26.7. The summed E-state index contributed by atoms with van der Waals surface area (Å²) in [5, 5.41) is 0.265. The van der Waals surface area contributed by atoms with Crippen LogP contribution in [-0.4, -0.2) is 56.4 Å². The van der Waals surface area contributed by atoms with Gasteiger partial charge in [-0.3, -0.25) is 9.59 Å². The number of rotatable bonds is 4. The van der Waals surface area contributed by atoms with E-state index in [9.17, 15) is 9.59 Å². The number of ether oxygens (including phenoxy) is 1. The predicted octanol–water partition coefficient (Wildman–Crippen LogP) is 1.09. The second-order valence-corrected chi connectivity index (χ2v) is 4.93. The second-order valence-electron chi connectivity index (χ2n) is 4.52. The van der Waals surface area contributed by atoms with Crippen molar-refractivity contribution in [3.63, 3.8) is 0 Å². The van der Waals surface area contributed by atoms with Crippen LogP contribution in [0.3, 0.4) is 0 Å². The van der Waals surface area contributed by atoms with E-state index >= 15 is 0 Å². The molecule has 2 N–H and O–H groups in total. The van der Waals surface area contributed by atoms with Crippen molar-refractivity contribution in [2.75, 3.05) is 40.5 Å². The van der Waals surface area contributed by atoms with Crippen LogP contribution in [0.25, 0.3) is 0 Å². The Labute approximate surface area is 123 Å². The molecule has 0 aliphatic heterocycles. The molecular formula is C13H18ClN3O3. The first-order chi connectivity index (χ1) is 9.27. The number of anilines is 1. The fraction of sp³-hybridized carbons (Fsp3) is 0.385. The molecule has 7 heteroatoms. The van der Waals surface area contributed by atoms with Gasteiger partial charge in [0.2, 0.25) is 5.91 Å². The Balaban J connectivity index is 3.02. The summed E-state index contributed by atoms with van der Waals surface area (Å²) < 4.78 is 5.12. The molecule has 0 atom stereocenters. The van der Waals surface area contributed by atoms with Crippen molar-refractivity contribution in [1.82, 2.24) is 9.80 Å². The van der Waals surface area contributed by atoms with Crippen molar-refractivity contribution in [2.24, 2.45) is 0 Å². The van der Waals surface area contributed by atoms with Crippen molar-refractivity contribution < 1.29 is 14.3 Å². The van der Waals surface area contributed by atoms with Gasteiger partial charge in [0.05, 0.1) is 29.9 Å². The summed E-state index contributed by atoms with van der Waals surface area (Å²) in [6.07, 6.45) is 0. The zero-order valence-electron chi connectivity index (χ0n) is 11.9. The highest BCUT2D eigenvalue weighted by molar-refractivity contribution is 6.33. The van der Waals surface area contributed by atoms with Gasteiger partial charge in [0.25, 0.3) is 5.91 Å². The standard InChI is InChI=1S/C13H18ClN3O3/c1-16(2)12(18)7-17(3)13(19)8-5-9(14)10(15)6-11(8)20-4/h5-6H,7,15H2,1-4H3. The van der Waals surface area contributed by atoms with Gasteiger partial charge in [-0.25, -0.2) is 0 Å². The van der Waals surface area contributed by atoms with Gasteiger partial charge in [-0.1, -0.05) is 11.6 Å². The number of methoxy groups -OCH3 is 1. The Morgan fingerprint density at radius 3 is 2.40 bits per heavy atom. The number of nitrogens with zero attached hydrogens (tertiary/aromatic N) is 2. The molecule has 0 bridgehead atoms. The average Bonchev–Trinajstić information content (AvgIpc) is 2.40. The van der Waals surface area contributed by atoms with Gasteiger partial charge >= 0.3 is 0 Å². The first-order valence-electron chi connectivity index (χ1n) is 5.86. The molecule has 2 amide bonds. The monoisotopic (exact) mass is 299 g/mol. The first-order valence-corrected chi connectivity index (χ1v) is 6.24. The van der Waals surface area contributed by atoms with Gasteiger partial charge in [-0.2, -0.15) is 0 Å². The van der Waals surface area contributed by atoms with Crippen LogP contribution in [0.15, 0.2) is 12.1 Å². The van der Waals surface area contributed by atoms with Gasteiger partial charge in [0.1, 0.15) is 5.75 Å². The Morgan fingerprint density at radius 2 is 1.90 bits per heavy atom. The van der Waals surface area contributed by atoms with E-state index in [1.165, 1.54) is 36.1 Å². The fourth-order valence-electron chi connectivity index (χ4n) is 1.53. The lowest BCUT2D eigenvalue weighted by Crippen LogP contribution is -2.37. The summed E-state index contributed by atoms with van der Waals surface area (Å²) >= 11 is 5.92. The molecule has 0 aliphatic rings. The molecule has 0 saturated heterocycles. The third kappa shape index (κ3) is 3.54. The molecule has 6 nitrogen and oxygen atoms in total. The molecule has 0 radical (unpaired) electrons. The number of hydrogen-bond acceptors (Lipinski definition) is 4. The zero-order chi connectivity index (χ0) is 15.4. The summed E-state index contributed by atoms with van der Waals surface area (Å²) in [6, 6.07) is 2.92. The van der Waals surface area contributed by atoms with Gasteiger partial charge in [0, 0.05) is 27.2 Å². The number of amides is 2. The van der Waals surface area contributed by atoms with Gasteiger partial charge in [0.15, 0.2) is 0 Å². The van der Waals surface area contributed by atoms with Crippen LogP contribution < -0.4 is 10.5 Å². The third-order valence-corrected chi connectivity index (χ3v) is 3.09. The lowest BCUT2D eigenvalue weighted by Gasteiger charge is -2.20. The third-order valence-electron chi connectivity index (χ3n) is 2.77. The highest BCUT2D eigenvalue weighted by Crippen LogP contribution is 2.29. The first kappa shape index (κ1) is 16.1. The fourth-order valence-corrected chi connectivity index (χ4v) is 1.69. The van der Waals surface area contributed by atoms with Crippen LogP contribution >= 0.6 is 11.6 Å². The number of benzene rings is 1. The topological polar surface area (TPSA) is 75.9 Å². The largest absolute Gasteiger partial charge is 0.496 e. The number of carbonyl (C=O) groups is 2. The maximum absolute atomic E-state index is 12.3. The van der Waals surface area contributed by atoms with Crippen molar-refractivity contribution >= 4 is 29.1 Å². The molecule has 110 valence electrons. The van der Waals surface area contributed by atoms with Crippen molar-refractivity contribution in [3.05, 3.63) is 22.7 Å². The van der Waals surface area contributed by atoms with Crippen LogP contribution in [0, 0.1) is 0 Å². The van der Waals surface area contributed by atoms with Crippen molar-refractivity contribution in [3.8, 4) is 5.75 Å². The number of hydrogen-bond donors (Lipinski definition) is 1. The second kappa shape index (κ2) is 6.47. The number of halogens is 1. The molecule has 0 unspecified atom stereocenters. The summed E-state index contributed by atoms with van der Waals surface area (Å²) in [7, 11) is 6.22. The molecule has 0 aromatic heterocycles. The highest BCUT2D eigenvalue weighted by Gasteiger charge is 2.20. The molecule has 1 aromatic rings. The van der Waals surface area contributed by atoms with Crippen LogP contribution in [0.1, 0.15) is 10.4 Å². The molecular weight excluding hydrogens is 282 g/mol.